The van der Waals surface area contributed by atoms with Crippen LogP contribution in [0, 0.1) is 5.41 Å². The first-order chi connectivity index (χ1) is 22.2. The second-order valence-electron chi connectivity index (χ2n) is 10.4. The number of ether oxygens (including phenoxy) is 3. The molecule has 0 aliphatic rings. The number of aromatic nitrogens is 2. The molecule has 12 heteroatoms. The van der Waals surface area contributed by atoms with E-state index in [1.54, 1.807) is 61.3 Å². The fourth-order valence-corrected chi connectivity index (χ4v) is 5.01. The molecule has 1 aromatic heterocycles. The molecule has 0 bridgehead atoms. The second-order valence-corrected chi connectivity index (χ2v) is 10.4. The summed E-state index contributed by atoms with van der Waals surface area (Å²) in [5.41, 5.74) is 14.2. The van der Waals surface area contributed by atoms with Crippen LogP contribution in [0.3, 0.4) is 0 Å². The first-order valence-electron chi connectivity index (χ1n) is 14.5. The molecule has 4 aromatic carbocycles. The second kappa shape index (κ2) is 14.2. The van der Waals surface area contributed by atoms with Gasteiger partial charge in [-0.1, -0.05) is 0 Å². The summed E-state index contributed by atoms with van der Waals surface area (Å²) in [6.07, 6.45) is 0.885. The van der Waals surface area contributed by atoms with Crippen LogP contribution in [0.15, 0.2) is 91.0 Å². The molecule has 0 fully saturated rings. The highest BCUT2D eigenvalue weighted by Crippen LogP contribution is 2.33. The van der Waals surface area contributed by atoms with Crippen molar-refractivity contribution in [2.75, 3.05) is 26.1 Å². The van der Waals surface area contributed by atoms with Gasteiger partial charge in [0.15, 0.2) is 5.96 Å². The van der Waals surface area contributed by atoms with Crippen molar-refractivity contribution < 1.29 is 23.8 Å². The van der Waals surface area contributed by atoms with Crippen molar-refractivity contribution in [1.29, 1.82) is 5.41 Å². The Hall–Kier alpha value is -6.04. The molecule has 1 atom stereocenters. The molecule has 46 heavy (non-hydrogen) atoms. The number of imidazole rings is 1. The normalized spacial score (nSPS) is 11.4. The zero-order chi connectivity index (χ0) is 32.6. The number of guanidine groups is 1. The number of primary amides is 1. The average Bonchev–Trinajstić information content (AvgIpc) is 3.44. The summed E-state index contributed by atoms with van der Waals surface area (Å²) in [6, 6.07) is 26.0. The molecule has 1 heterocycles. The molecule has 0 aliphatic heterocycles. The molecule has 5 rings (SSSR count). The van der Waals surface area contributed by atoms with E-state index in [0.717, 1.165) is 11.3 Å². The summed E-state index contributed by atoms with van der Waals surface area (Å²) in [5, 5.41) is 13.1. The van der Waals surface area contributed by atoms with Crippen LogP contribution in [0.5, 0.6) is 23.0 Å². The molecule has 0 saturated heterocycles. The van der Waals surface area contributed by atoms with Crippen molar-refractivity contribution in [3.05, 3.63) is 96.6 Å². The van der Waals surface area contributed by atoms with Gasteiger partial charge in [0.2, 0.25) is 5.91 Å². The first-order valence-corrected chi connectivity index (χ1v) is 14.5. The SMILES string of the molecule is COc1ccc(NC(=O)c2ccc3c(c2)nc(-c2ccc(Oc4ccc(OC)cc4)cc2)n3C(CCCNC(=N)N)C(N)=O)cc1. The third-order valence-electron chi connectivity index (χ3n) is 7.32. The molecule has 0 spiro atoms. The van der Waals surface area contributed by atoms with Crippen LogP contribution in [0.25, 0.3) is 22.4 Å². The number of carbonyl (C=O) groups is 2. The smallest absolute Gasteiger partial charge is 0.255 e. The molecule has 7 N–H and O–H groups in total. The number of methoxy groups -OCH3 is 2. The Morgan fingerprint density at radius 2 is 1.43 bits per heavy atom. The van der Waals surface area contributed by atoms with Crippen molar-refractivity contribution in [3.8, 4) is 34.4 Å². The molecule has 1 unspecified atom stereocenters. The molecule has 12 nitrogen and oxygen atoms in total. The quantitative estimate of drug-likeness (QED) is 0.0688. The topological polar surface area (TPSA) is 180 Å². The maximum atomic E-state index is 13.2. The minimum Gasteiger partial charge on any atom is -0.497 e. The lowest BCUT2D eigenvalue weighted by Gasteiger charge is -2.19. The van der Waals surface area contributed by atoms with E-state index in [2.05, 4.69) is 10.6 Å². The Morgan fingerprint density at radius 3 is 2.02 bits per heavy atom. The van der Waals surface area contributed by atoms with Crippen molar-refractivity contribution >= 4 is 34.5 Å². The average molecular weight is 622 g/mol. The number of hydrogen-bond donors (Lipinski definition) is 5. The zero-order valence-electron chi connectivity index (χ0n) is 25.4. The van der Waals surface area contributed by atoms with E-state index in [1.165, 1.54) is 0 Å². The number of fused-ring (bicyclic) bond motifs is 1. The van der Waals surface area contributed by atoms with E-state index in [1.807, 2.05) is 48.5 Å². The summed E-state index contributed by atoms with van der Waals surface area (Å²) >= 11 is 0. The maximum Gasteiger partial charge on any atom is 0.255 e. The summed E-state index contributed by atoms with van der Waals surface area (Å²) in [4.78, 5) is 30.9. The van der Waals surface area contributed by atoms with Gasteiger partial charge >= 0.3 is 0 Å². The van der Waals surface area contributed by atoms with Gasteiger partial charge in [-0.25, -0.2) is 4.98 Å². The Balaban J connectivity index is 1.48. The lowest BCUT2D eigenvalue weighted by Crippen LogP contribution is -2.32. The van der Waals surface area contributed by atoms with Crippen LogP contribution in [0.4, 0.5) is 5.69 Å². The number of nitrogens with two attached hydrogens (primary N) is 2. The summed E-state index contributed by atoms with van der Waals surface area (Å²) in [7, 11) is 3.18. The molecule has 0 radical (unpaired) electrons. The van der Waals surface area contributed by atoms with E-state index in [4.69, 9.17) is 36.1 Å². The highest BCUT2D eigenvalue weighted by Gasteiger charge is 2.25. The van der Waals surface area contributed by atoms with Gasteiger partial charge in [-0.3, -0.25) is 15.0 Å². The number of hydrogen-bond acceptors (Lipinski definition) is 7. The minimum absolute atomic E-state index is 0.151. The minimum atomic E-state index is -0.761. The number of rotatable bonds is 13. The Kier molecular flexibility index (Phi) is 9.66. The van der Waals surface area contributed by atoms with Crippen LogP contribution >= 0.6 is 0 Å². The number of anilines is 1. The molecule has 2 amide bonds. The Morgan fingerprint density at radius 1 is 0.848 bits per heavy atom. The maximum absolute atomic E-state index is 13.2. The van der Waals surface area contributed by atoms with Crippen LogP contribution in [-0.2, 0) is 4.79 Å². The van der Waals surface area contributed by atoms with Crippen molar-refractivity contribution in [2.45, 2.75) is 18.9 Å². The lowest BCUT2D eigenvalue weighted by atomic mass is 10.1. The molecule has 236 valence electrons. The van der Waals surface area contributed by atoms with Gasteiger partial charge in [0.25, 0.3) is 5.91 Å². The number of benzene rings is 4. The summed E-state index contributed by atoms with van der Waals surface area (Å²) in [5.74, 6) is 2.16. The lowest BCUT2D eigenvalue weighted by molar-refractivity contribution is -0.121. The third-order valence-corrected chi connectivity index (χ3v) is 7.32. The van der Waals surface area contributed by atoms with Gasteiger partial charge in [0.1, 0.15) is 34.9 Å². The van der Waals surface area contributed by atoms with Gasteiger partial charge in [-0.05, 0) is 104 Å². The van der Waals surface area contributed by atoms with Crippen LogP contribution in [0.2, 0.25) is 0 Å². The monoisotopic (exact) mass is 621 g/mol. The zero-order valence-corrected chi connectivity index (χ0v) is 25.4. The fourth-order valence-electron chi connectivity index (χ4n) is 5.01. The van der Waals surface area contributed by atoms with Gasteiger partial charge < -0.3 is 40.9 Å². The summed E-state index contributed by atoms with van der Waals surface area (Å²) in [6.45, 7) is 0.397. The van der Waals surface area contributed by atoms with Gasteiger partial charge in [-0.2, -0.15) is 0 Å². The number of amides is 2. The van der Waals surface area contributed by atoms with Crippen LogP contribution < -0.4 is 36.3 Å². The fraction of sp³-hybridized carbons (Fsp3) is 0.176. The largest absolute Gasteiger partial charge is 0.497 e. The van der Waals surface area contributed by atoms with Crippen LogP contribution in [0.1, 0.15) is 29.2 Å². The van der Waals surface area contributed by atoms with Crippen molar-refractivity contribution in [3.63, 3.8) is 0 Å². The number of nitrogens with one attached hydrogen (secondary N) is 3. The van der Waals surface area contributed by atoms with Crippen molar-refractivity contribution in [1.82, 2.24) is 14.9 Å². The van der Waals surface area contributed by atoms with E-state index < -0.39 is 11.9 Å². The molecule has 5 aromatic rings. The molecule has 0 saturated carbocycles. The van der Waals surface area contributed by atoms with Gasteiger partial charge in [0, 0.05) is 23.4 Å². The van der Waals surface area contributed by atoms with Gasteiger partial charge in [-0.15, -0.1) is 0 Å². The van der Waals surface area contributed by atoms with Crippen molar-refractivity contribution in [2.24, 2.45) is 11.5 Å². The highest BCUT2D eigenvalue weighted by atomic mass is 16.5. The third kappa shape index (κ3) is 7.36. The first kappa shape index (κ1) is 31.4. The number of carbonyl (C=O) groups excluding carboxylic acids is 2. The van der Waals surface area contributed by atoms with E-state index in [-0.39, 0.29) is 11.9 Å². The van der Waals surface area contributed by atoms with Crippen LogP contribution in [-0.4, -0.2) is 48.1 Å². The summed E-state index contributed by atoms with van der Waals surface area (Å²) < 4.78 is 18.2. The predicted molar refractivity (Wildman–Crippen MR) is 177 cm³/mol. The Bertz CT molecular complexity index is 1840. The van der Waals surface area contributed by atoms with E-state index in [9.17, 15) is 9.59 Å². The van der Waals surface area contributed by atoms with Gasteiger partial charge in [0.05, 0.1) is 25.3 Å². The molecular formula is C34H35N7O5. The highest BCUT2D eigenvalue weighted by molar-refractivity contribution is 6.06. The van der Waals surface area contributed by atoms with E-state index in [0.29, 0.717) is 64.7 Å². The molecular weight excluding hydrogens is 586 g/mol. The predicted octanol–water partition coefficient (Wildman–Crippen LogP) is 5.05. The standard InChI is InChI=1S/C34H35N7O5/c1-44-24-12-8-23(9-13-24)39-33(43)22-7-18-29-28(20-22)40-32(41(29)30(31(35)42)4-3-19-38-34(36)37)21-5-10-26(11-6-21)46-27-16-14-25(45-2)15-17-27/h5-18,20,30H,3-4,19H2,1-2H3,(H2,35,42)(H,39,43)(H4,36,37,38). The molecule has 0 aliphatic carbocycles. The number of nitrogens with zero attached hydrogens (tertiary/aromatic N) is 2. The Labute approximate surface area is 265 Å². The van der Waals surface area contributed by atoms with E-state index >= 15 is 0 Å².